The molecule has 6 heteroatoms. The minimum Gasteiger partial charge on any atom is -0.493 e. The van der Waals surface area contributed by atoms with Gasteiger partial charge in [0.25, 0.3) is 0 Å². The molecule has 0 bridgehead atoms. The van der Waals surface area contributed by atoms with E-state index in [2.05, 4.69) is 4.98 Å². The average Bonchev–Trinajstić information content (AvgIpc) is 3.00. The zero-order chi connectivity index (χ0) is 18.3. The van der Waals surface area contributed by atoms with Crippen molar-refractivity contribution < 1.29 is 14.3 Å². The average molecular weight is 364 g/mol. The molecule has 130 valence electrons. The van der Waals surface area contributed by atoms with Gasteiger partial charge in [0.2, 0.25) is 5.78 Å². The number of fused-ring (bicyclic) bond motifs is 2. The van der Waals surface area contributed by atoms with Crippen LogP contribution in [-0.4, -0.2) is 25.0 Å². The van der Waals surface area contributed by atoms with E-state index in [4.69, 9.17) is 15.2 Å². The number of ether oxygens (including phenoxy) is 2. The predicted octanol–water partition coefficient (Wildman–Crippen LogP) is 4.28. The highest BCUT2D eigenvalue weighted by Gasteiger charge is 2.19. The number of nitrogens with zero attached hydrogens (tertiary/aromatic N) is 1. The van der Waals surface area contributed by atoms with Crippen LogP contribution in [0.25, 0.3) is 21.1 Å². The summed E-state index contributed by atoms with van der Waals surface area (Å²) >= 11 is 1.31. The van der Waals surface area contributed by atoms with Gasteiger partial charge in [-0.25, -0.2) is 4.98 Å². The summed E-state index contributed by atoms with van der Waals surface area (Å²) in [6.07, 6.45) is 0. The zero-order valence-corrected chi connectivity index (χ0v) is 15.1. The highest BCUT2D eigenvalue weighted by atomic mass is 32.1. The van der Waals surface area contributed by atoms with Gasteiger partial charge in [-0.05, 0) is 12.1 Å². The van der Waals surface area contributed by atoms with Crippen LogP contribution < -0.4 is 15.2 Å². The largest absolute Gasteiger partial charge is 0.493 e. The van der Waals surface area contributed by atoms with Crippen molar-refractivity contribution >= 4 is 43.9 Å². The summed E-state index contributed by atoms with van der Waals surface area (Å²) in [5.74, 6) is 1.14. The summed E-state index contributed by atoms with van der Waals surface area (Å²) in [5.41, 5.74) is 8.12. The van der Waals surface area contributed by atoms with E-state index >= 15 is 0 Å². The maximum absolute atomic E-state index is 12.8. The molecule has 0 aliphatic heterocycles. The highest BCUT2D eigenvalue weighted by Crippen LogP contribution is 2.38. The van der Waals surface area contributed by atoms with Gasteiger partial charge in [-0.1, -0.05) is 30.3 Å². The molecule has 0 unspecified atom stereocenters. The summed E-state index contributed by atoms with van der Waals surface area (Å²) < 4.78 is 10.7. The lowest BCUT2D eigenvalue weighted by Gasteiger charge is -2.08. The number of carbonyl (C=O) groups excluding carboxylic acids is 1. The molecule has 0 fully saturated rings. The van der Waals surface area contributed by atoms with Crippen LogP contribution in [-0.2, 0) is 0 Å². The van der Waals surface area contributed by atoms with E-state index in [0.29, 0.717) is 27.6 Å². The minimum atomic E-state index is -0.0923. The Hall–Kier alpha value is -3.12. The molecule has 2 N–H and O–H groups in total. The topological polar surface area (TPSA) is 74.4 Å². The molecule has 4 aromatic rings. The number of hydrogen-bond acceptors (Lipinski definition) is 6. The second-order valence-corrected chi connectivity index (χ2v) is 6.78. The predicted molar refractivity (Wildman–Crippen MR) is 105 cm³/mol. The van der Waals surface area contributed by atoms with E-state index in [-0.39, 0.29) is 5.78 Å². The number of benzene rings is 2. The van der Waals surface area contributed by atoms with Crippen molar-refractivity contribution in [3.8, 4) is 11.5 Å². The molecular formula is C20H16N2O3S. The minimum absolute atomic E-state index is 0.0923. The first-order valence-electron chi connectivity index (χ1n) is 7.97. The quantitative estimate of drug-likeness (QED) is 0.547. The van der Waals surface area contributed by atoms with E-state index in [1.165, 1.54) is 11.3 Å². The van der Waals surface area contributed by atoms with Crippen LogP contribution in [0.4, 0.5) is 5.69 Å². The number of thiophene rings is 1. The fraction of sp³-hybridized carbons (Fsp3) is 0.100. The summed E-state index contributed by atoms with van der Waals surface area (Å²) in [6.45, 7) is 0. The summed E-state index contributed by atoms with van der Waals surface area (Å²) in [5, 5.41) is 1.65. The smallest absolute Gasteiger partial charge is 0.205 e. The third-order valence-corrected chi connectivity index (χ3v) is 5.37. The maximum atomic E-state index is 12.8. The number of nitrogen functional groups attached to an aromatic ring is 1. The number of ketones is 1. The van der Waals surface area contributed by atoms with Crippen molar-refractivity contribution in [2.24, 2.45) is 0 Å². The Bertz CT molecular complexity index is 1140. The van der Waals surface area contributed by atoms with Crippen LogP contribution >= 0.6 is 11.3 Å². The van der Waals surface area contributed by atoms with Crippen LogP contribution in [0.5, 0.6) is 11.5 Å². The van der Waals surface area contributed by atoms with Gasteiger partial charge in [0, 0.05) is 22.4 Å². The normalized spacial score (nSPS) is 11.0. The standard InChI is InChI=1S/C20H16N2O3S/c1-24-15-9-12-8-13-17(21)19(18(23)11-6-4-3-5-7-11)26-20(13)22-14(12)10-16(15)25-2/h3-10H,21H2,1-2H3. The number of rotatable bonds is 4. The van der Waals surface area contributed by atoms with E-state index in [1.54, 1.807) is 26.4 Å². The van der Waals surface area contributed by atoms with Crippen molar-refractivity contribution in [2.45, 2.75) is 0 Å². The van der Waals surface area contributed by atoms with Crippen molar-refractivity contribution in [3.63, 3.8) is 0 Å². The number of nitrogens with two attached hydrogens (primary N) is 1. The molecule has 5 nitrogen and oxygen atoms in total. The molecule has 4 rings (SSSR count). The molecule has 0 atom stereocenters. The van der Waals surface area contributed by atoms with Gasteiger partial charge in [0.15, 0.2) is 11.5 Å². The Morgan fingerprint density at radius 1 is 1.04 bits per heavy atom. The Morgan fingerprint density at radius 3 is 2.42 bits per heavy atom. The van der Waals surface area contributed by atoms with E-state index in [1.807, 2.05) is 36.4 Å². The third kappa shape index (κ3) is 2.55. The lowest BCUT2D eigenvalue weighted by Crippen LogP contribution is -2.01. The van der Waals surface area contributed by atoms with Gasteiger partial charge in [0.1, 0.15) is 9.71 Å². The van der Waals surface area contributed by atoms with Crippen molar-refractivity contribution in [1.82, 2.24) is 4.98 Å². The maximum Gasteiger partial charge on any atom is 0.205 e. The fourth-order valence-corrected chi connectivity index (χ4v) is 3.96. The van der Waals surface area contributed by atoms with Gasteiger partial charge in [0.05, 0.1) is 25.4 Å². The summed E-state index contributed by atoms with van der Waals surface area (Å²) in [4.78, 5) is 18.7. The zero-order valence-electron chi connectivity index (χ0n) is 14.3. The fourth-order valence-electron chi connectivity index (χ4n) is 2.92. The second-order valence-electron chi connectivity index (χ2n) is 5.78. The molecule has 26 heavy (non-hydrogen) atoms. The van der Waals surface area contributed by atoms with Crippen molar-refractivity contribution in [1.29, 1.82) is 0 Å². The molecule has 0 radical (unpaired) electrons. The lowest BCUT2D eigenvalue weighted by molar-refractivity contribution is 0.104. The Morgan fingerprint density at radius 2 is 1.73 bits per heavy atom. The number of carbonyl (C=O) groups is 1. The van der Waals surface area contributed by atoms with Gasteiger partial charge in [-0.2, -0.15) is 0 Å². The third-order valence-electron chi connectivity index (χ3n) is 4.26. The molecule has 0 saturated carbocycles. The van der Waals surface area contributed by atoms with Crippen LogP contribution in [0, 0.1) is 0 Å². The first-order valence-corrected chi connectivity index (χ1v) is 8.78. The number of aromatic nitrogens is 1. The number of methoxy groups -OCH3 is 2. The molecular weight excluding hydrogens is 348 g/mol. The lowest BCUT2D eigenvalue weighted by atomic mass is 10.1. The first-order chi connectivity index (χ1) is 12.6. The number of hydrogen-bond donors (Lipinski definition) is 1. The van der Waals surface area contributed by atoms with E-state index in [0.717, 1.165) is 21.1 Å². The SMILES string of the molecule is COc1cc2cc3c(N)c(C(=O)c4ccccc4)sc3nc2cc1OC. The molecule has 0 amide bonds. The molecule has 0 aliphatic carbocycles. The highest BCUT2D eigenvalue weighted by molar-refractivity contribution is 7.21. The van der Waals surface area contributed by atoms with Gasteiger partial charge in [-0.3, -0.25) is 4.79 Å². The van der Waals surface area contributed by atoms with E-state index in [9.17, 15) is 4.79 Å². The van der Waals surface area contributed by atoms with Crippen molar-refractivity contribution in [2.75, 3.05) is 20.0 Å². The molecule has 2 aromatic heterocycles. The molecule has 0 spiro atoms. The molecule has 2 heterocycles. The van der Waals surface area contributed by atoms with Crippen LogP contribution in [0.2, 0.25) is 0 Å². The second kappa shape index (κ2) is 6.31. The van der Waals surface area contributed by atoms with Crippen LogP contribution in [0.1, 0.15) is 15.2 Å². The Balaban J connectivity index is 1.91. The van der Waals surface area contributed by atoms with Gasteiger partial charge < -0.3 is 15.2 Å². The molecule has 2 aromatic carbocycles. The molecule has 0 saturated heterocycles. The van der Waals surface area contributed by atoms with Gasteiger partial charge >= 0.3 is 0 Å². The Kier molecular flexibility index (Phi) is 3.97. The summed E-state index contributed by atoms with van der Waals surface area (Å²) in [6, 6.07) is 14.7. The summed E-state index contributed by atoms with van der Waals surface area (Å²) in [7, 11) is 3.17. The van der Waals surface area contributed by atoms with Crippen LogP contribution in [0.3, 0.4) is 0 Å². The van der Waals surface area contributed by atoms with Crippen LogP contribution in [0.15, 0.2) is 48.5 Å². The van der Waals surface area contributed by atoms with E-state index < -0.39 is 0 Å². The van der Waals surface area contributed by atoms with Crippen molar-refractivity contribution in [3.05, 3.63) is 59.0 Å². The first kappa shape index (κ1) is 16.4. The van der Waals surface area contributed by atoms with Gasteiger partial charge in [-0.15, -0.1) is 11.3 Å². The Labute approximate surface area is 154 Å². The molecule has 0 aliphatic rings. The number of pyridine rings is 1. The number of anilines is 1. The monoisotopic (exact) mass is 364 g/mol.